The summed E-state index contributed by atoms with van der Waals surface area (Å²) in [5.74, 6) is 0.256. The maximum atomic E-state index is 14.1. The van der Waals surface area contributed by atoms with E-state index >= 15 is 0 Å². The summed E-state index contributed by atoms with van der Waals surface area (Å²) >= 11 is 5.63. The molecule has 0 radical (unpaired) electrons. The van der Waals surface area contributed by atoms with Crippen molar-refractivity contribution < 1.29 is 23.9 Å². The lowest BCUT2D eigenvalue weighted by atomic mass is 9.95. The Kier molecular flexibility index (Phi) is 10.1. The summed E-state index contributed by atoms with van der Waals surface area (Å²) in [5, 5.41) is 12.3. The van der Waals surface area contributed by atoms with Crippen LogP contribution < -0.4 is 29.9 Å². The van der Waals surface area contributed by atoms with Crippen LogP contribution in [0.15, 0.2) is 76.8 Å². The van der Waals surface area contributed by atoms with E-state index in [0.29, 0.717) is 49.9 Å². The number of thiazole rings is 1. The zero-order valence-electron chi connectivity index (χ0n) is 25.8. The third-order valence-electron chi connectivity index (χ3n) is 6.93. The highest BCUT2D eigenvalue weighted by molar-refractivity contribution is 9.10. The molecule has 0 amide bonds. The van der Waals surface area contributed by atoms with Crippen molar-refractivity contribution in [1.82, 2.24) is 14.5 Å². The summed E-state index contributed by atoms with van der Waals surface area (Å²) in [7, 11) is 1.51. The maximum absolute atomic E-state index is 14.1. The number of allylic oxidation sites excluding steroid dienone is 1. The first-order valence-electron chi connectivity index (χ1n) is 14.2. The van der Waals surface area contributed by atoms with Crippen molar-refractivity contribution in [1.29, 1.82) is 0 Å². The second-order valence-electron chi connectivity index (χ2n) is 10.0. The van der Waals surface area contributed by atoms with Crippen LogP contribution in [0.2, 0.25) is 0 Å². The fraction of sp³-hybridized carbons (Fsp3) is 0.258. The summed E-state index contributed by atoms with van der Waals surface area (Å²) in [6, 6.07) is 8.30. The number of aromatic amines is 1. The fourth-order valence-corrected chi connectivity index (χ4v) is 7.49. The highest BCUT2D eigenvalue weighted by atomic mass is 79.9. The van der Waals surface area contributed by atoms with Gasteiger partial charge in [-0.2, -0.15) is 0 Å². The van der Waals surface area contributed by atoms with Gasteiger partial charge in [-0.05, 0) is 74.9 Å². The highest BCUT2D eigenvalue weighted by Crippen LogP contribution is 2.41. The molecule has 244 valence electrons. The molecule has 0 spiro atoms. The minimum Gasteiger partial charge on any atom is -0.493 e. The Balaban J connectivity index is 1.67. The summed E-state index contributed by atoms with van der Waals surface area (Å²) in [6.45, 7) is 7.31. The first kappa shape index (κ1) is 33.8. The Hall–Kier alpha value is -4.54. The van der Waals surface area contributed by atoms with Gasteiger partial charge in [0, 0.05) is 22.3 Å². The van der Waals surface area contributed by atoms with Crippen LogP contribution in [-0.2, 0) is 9.53 Å². The van der Waals surface area contributed by atoms with E-state index in [9.17, 15) is 24.5 Å². The van der Waals surface area contributed by atoms with E-state index in [-0.39, 0.29) is 38.0 Å². The number of halogens is 1. The van der Waals surface area contributed by atoms with Crippen molar-refractivity contribution in [2.45, 2.75) is 43.8 Å². The molecule has 2 aromatic heterocycles. The molecule has 47 heavy (non-hydrogen) atoms. The Morgan fingerprint density at radius 1 is 1.17 bits per heavy atom. The molecule has 1 aliphatic heterocycles. The van der Waals surface area contributed by atoms with Crippen molar-refractivity contribution in [2.24, 2.45) is 4.99 Å². The average molecular weight is 743 g/mol. The van der Waals surface area contributed by atoms with Gasteiger partial charge in [0.05, 0.1) is 52.0 Å². The molecule has 0 fully saturated rings. The van der Waals surface area contributed by atoms with Crippen molar-refractivity contribution >= 4 is 56.8 Å². The van der Waals surface area contributed by atoms with Gasteiger partial charge >= 0.3 is 5.97 Å². The largest absolute Gasteiger partial charge is 0.493 e. The van der Waals surface area contributed by atoms with Crippen LogP contribution >= 0.6 is 39.0 Å². The number of carbonyl (C=O) groups excluding carboxylic acids is 1. The van der Waals surface area contributed by atoms with E-state index in [1.165, 1.54) is 36.0 Å². The highest BCUT2D eigenvalue weighted by Gasteiger charge is 2.35. The van der Waals surface area contributed by atoms with Crippen LogP contribution in [0, 0.1) is 17.0 Å². The SMILES string of the molecule is CCOC(=O)C1=C(C)N=c2s/c(=C/c3ccc(Sc4nc(C)cc(=O)[nH]4)c([N+](=O)[O-])c3)c(=O)n2[C@@H]1c1cc(OCC)c(OC)cc1Br. The molecular weight excluding hydrogens is 714 g/mol. The van der Waals surface area contributed by atoms with E-state index in [4.69, 9.17) is 14.2 Å². The second-order valence-corrected chi connectivity index (χ2v) is 12.9. The number of nitro groups is 1. The third kappa shape index (κ3) is 6.94. The molecule has 3 heterocycles. The van der Waals surface area contributed by atoms with Gasteiger partial charge in [0.25, 0.3) is 16.8 Å². The number of ether oxygens (including phenoxy) is 3. The number of H-pyrrole nitrogens is 1. The molecule has 0 saturated heterocycles. The maximum Gasteiger partial charge on any atom is 0.338 e. The topological polar surface area (TPSA) is 168 Å². The number of rotatable bonds is 10. The van der Waals surface area contributed by atoms with Gasteiger partial charge in [-0.1, -0.05) is 33.3 Å². The lowest BCUT2D eigenvalue weighted by molar-refractivity contribution is -0.387. The van der Waals surface area contributed by atoms with Crippen LogP contribution in [0.3, 0.4) is 0 Å². The lowest BCUT2D eigenvalue weighted by Gasteiger charge is -2.26. The zero-order chi connectivity index (χ0) is 34.0. The first-order valence-corrected chi connectivity index (χ1v) is 16.6. The smallest absolute Gasteiger partial charge is 0.338 e. The van der Waals surface area contributed by atoms with Crippen LogP contribution in [0.4, 0.5) is 5.69 Å². The van der Waals surface area contributed by atoms with Gasteiger partial charge in [0.1, 0.15) is 0 Å². The molecule has 1 atom stereocenters. The Labute approximate surface area is 283 Å². The molecule has 0 unspecified atom stereocenters. The third-order valence-corrected chi connectivity index (χ3v) is 9.55. The number of aromatic nitrogens is 3. The monoisotopic (exact) mass is 741 g/mol. The Morgan fingerprint density at radius 2 is 1.94 bits per heavy atom. The molecule has 0 aliphatic carbocycles. The van der Waals surface area contributed by atoms with Crippen LogP contribution in [-0.4, -0.2) is 45.8 Å². The standard InChI is InChI=1S/C31H28BrN5O8S2/c1-6-44-22-13-18(19(32)14-21(22)43-5)27-26(29(40)45-7-2)16(4)34-31-36(27)28(39)24(47-31)12-17-8-9-23(20(11-17)37(41)42)46-30-33-15(3)10-25(38)35-30/h8-14,27H,6-7H2,1-5H3,(H,33,35,38)/b24-12+/t27-/m1/s1. The van der Waals surface area contributed by atoms with Crippen molar-refractivity contribution in [3.05, 3.63) is 109 Å². The van der Waals surface area contributed by atoms with Gasteiger partial charge in [0.2, 0.25) is 0 Å². The predicted octanol–water partition coefficient (Wildman–Crippen LogP) is 4.42. The molecule has 16 heteroatoms. The van der Waals surface area contributed by atoms with E-state index in [1.54, 1.807) is 39.0 Å². The molecule has 4 aromatic rings. The average Bonchev–Trinajstić information content (AvgIpc) is 3.31. The van der Waals surface area contributed by atoms with Gasteiger partial charge in [-0.15, -0.1) is 0 Å². The summed E-state index contributed by atoms with van der Waals surface area (Å²) in [6.07, 6.45) is 1.53. The van der Waals surface area contributed by atoms with E-state index in [0.717, 1.165) is 23.1 Å². The van der Waals surface area contributed by atoms with E-state index < -0.39 is 22.5 Å². The number of aryl methyl sites for hydroxylation is 1. The molecular formula is C31H28BrN5O8S2. The number of methoxy groups -OCH3 is 1. The number of hydrogen-bond donors (Lipinski definition) is 1. The molecule has 0 saturated carbocycles. The van der Waals surface area contributed by atoms with Crippen LogP contribution in [0.25, 0.3) is 6.08 Å². The quantitative estimate of drug-likeness (QED) is 0.106. The number of nitrogens with one attached hydrogen (secondary N) is 1. The summed E-state index contributed by atoms with van der Waals surface area (Å²) < 4.78 is 18.9. The molecule has 1 aliphatic rings. The summed E-state index contributed by atoms with van der Waals surface area (Å²) in [5.41, 5.74) is 0.895. The predicted molar refractivity (Wildman–Crippen MR) is 179 cm³/mol. The van der Waals surface area contributed by atoms with Crippen molar-refractivity contribution in [3.63, 3.8) is 0 Å². The normalized spacial score (nSPS) is 14.4. The van der Waals surface area contributed by atoms with E-state index in [2.05, 4.69) is 30.9 Å². The van der Waals surface area contributed by atoms with Gasteiger partial charge in [-0.25, -0.2) is 14.8 Å². The molecule has 13 nitrogen and oxygen atoms in total. The van der Waals surface area contributed by atoms with Gasteiger partial charge < -0.3 is 19.2 Å². The number of fused-ring (bicyclic) bond motifs is 1. The van der Waals surface area contributed by atoms with Gasteiger partial charge in [0.15, 0.2) is 21.5 Å². The minimum absolute atomic E-state index is 0.115. The molecule has 0 bridgehead atoms. The molecule has 2 aromatic carbocycles. The fourth-order valence-electron chi connectivity index (χ4n) is 4.98. The number of nitro benzene ring substituents is 1. The molecule has 1 N–H and O–H groups in total. The Morgan fingerprint density at radius 3 is 2.60 bits per heavy atom. The Bertz CT molecular complexity index is 2190. The van der Waals surface area contributed by atoms with Crippen LogP contribution in [0.1, 0.15) is 43.6 Å². The number of benzene rings is 2. The minimum atomic E-state index is -0.941. The zero-order valence-corrected chi connectivity index (χ0v) is 29.0. The first-order chi connectivity index (χ1) is 22.4. The van der Waals surface area contributed by atoms with E-state index in [1.807, 2.05) is 6.92 Å². The number of esters is 1. The number of carbonyl (C=O) groups is 1. The second kappa shape index (κ2) is 14.1. The van der Waals surface area contributed by atoms with Crippen molar-refractivity contribution in [2.75, 3.05) is 20.3 Å². The van der Waals surface area contributed by atoms with Gasteiger partial charge in [-0.3, -0.25) is 24.3 Å². The number of nitrogens with zero attached hydrogens (tertiary/aromatic N) is 4. The summed E-state index contributed by atoms with van der Waals surface area (Å²) in [4.78, 5) is 62.8. The van der Waals surface area contributed by atoms with Crippen LogP contribution in [0.5, 0.6) is 11.5 Å². The number of hydrogen-bond acceptors (Lipinski definition) is 12. The lowest BCUT2D eigenvalue weighted by Crippen LogP contribution is -2.40. The van der Waals surface area contributed by atoms with Crippen molar-refractivity contribution in [3.8, 4) is 11.5 Å². The molecule has 5 rings (SSSR count).